The Morgan fingerprint density at radius 2 is 1.75 bits per heavy atom. The van der Waals surface area contributed by atoms with E-state index in [1.165, 1.54) is 0 Å². The Bertz CT molecular complexity index is 773. The number of unbranched alkanes of at least 4 members (excludes halogenated alkanes) is 1. The molecule has 0 radical (unpaired) electrons. The molecule has 0 fully saturated rings. The van der Waals surface area contributed by atoms with Gasteiger partial charge in [0.25, 0.3) is 5.91 Å². The maximum atomic E-state index is 12.5. The van der Waals surface area contributed by atoms with E-state index in [9.17, 15) is 9.59 Å². The summed E-state index contributed by atoms with van der Waals surface area (Å²) in [6.45, 7) is 6.46. The average Bonchev–Trinajstić information content (AvgIpc) is 2.70. The SMILES string of the molecule is CCCCOC(=O)C(C)Oc1ccc(C(=O)Nc2ccccc2OCC)cc1. The van der Waals surface area contributed by atoms with Crippen LogP contribution >= 0.6 is 0 Å². The number of carbonyl (C=O) groups is 2. The van der Waals surface area contributed by atoms with Gasteiger partial charge in [-0.25, -0.2) is 4.79 Å². The zero-order chi connectivity index (χ0) is 20.4. The van der Waals surface area contributed by atoms with Crippen LogP contribution < -0.4 is 14.8 Å². The maximum Gasteiger partial charge on any atom is 0.347 e. The average molecular weight is 385 g/mol. The van der Waals surface area contributed by atoms with Crippen molar-refractivity contribution in [2.75, 3.05) is 18.5 Å². The van der Waals surface area contributed by atoms with Crippen LogP contribution in [0.25, 0.3) is 0 Å². The van der Waals surface area contributed by atoms with E-state index in [-0.39, 0.29) is 5.91 Å². The number of ether oxygens (including phenoxy) is 3. The molecule has 1 amide bonds. The van der Waals surface area contributed by atoms with E-state index < -0.39 is 12.1 Å². The Labute approximate surface area is 165 Å². The van der Waals surface area contributed by atoms with Gasteiger partial charge < -0.3 is 19.5 Å². The van der Waals surface area contributed by atoms with E-state index in [0.29, 0.717) is 36.0 Å². The quantitative estimate of drug-likeness (QED) is 0.483. The molecule has 0 saturated heterocycles. The Morgan fingerprint density at radius 1 is 1.04 bits per heavy atom. The number of carbonyl (C=O) groups excluding carboxylic acids is 2. The van der Waals surface area contributed by atoms with Crippen LogP contribution in [0, 0.1) is 0 Å². The van der Waals surface area contributed by atoms with Crippen molar-refractivity contribution in [3.05, 3.63) is 54.1 Å². The molecule has 1 atom stereocenters. The second-order valence-electron chi connectivity index (χ2n) is 6.19. The number of nitrogens with one attached hydrogen (secondary N) is 1. The van der Waals surface area contributed by atoms with Crippen molar-refractivity contribution in [3.8, 4) is 11.5 Å². The summed E-state index contributed by atoms with van der Waals surface area (Å²) in [6, 6.07) is 13.9. The molecule has 0 aliphatic heterocycles. The standard InChI is InChI=1S/C22H27NO5/c1-4-6-15-27-22(25)16(3)28-18-13-11-17(12-14-18)21(24)23-19-9-7-8-10-20(19)26-5-2/h7-14,16H,4-6,15H2,1-3H3,(H,23,24). The lowest BCUT2D eigenvalue weighted by Gasteiger charge is -2.14. The topological polar surface area (TPSA) is 73.9 Å². The van der Waals surface area contributed by atoms with Gasteiger partial charge >= 0.3 is 5.97 Å². The van der Waals surface area contributed by atoms with Crippen molar-refractivity contribution in [2.24, 2.45) is 0 Å². The van der Waals surface area contributed by atoms with E-state index in [0.717, 1.165) is 12.8 Å². The molecule has 2 aromatic rings. The smallest absolute Gasteiger partial charge is 0.347 e. The second-order valence-corrected chi connectivity index (χ2v) is 6.19. The van der Waals surface area contributed by atoms with Crippen LogP contribution in [0.4, 0.5) is 5.69 Å². The molecule has 0 aliphatic rings. The lowest BCUT2D eigenvalue weighted by atomic mass is 10.2. The molecule has 2 aromatic carbocycles. The molecule has 0 spiro atoms. The number of rotatable bonds is 10. The summed E-state index contributed by atoms with van der Waals surface area (Å²) in [4.78, 5) is 24.3. The van der Waals surface area contributed by atoms with Gasteiger partial charge in [0.15, 0.2) is 6.10 Å². The summed E-state index contributed by atoms with van der Waals surface area (Å²) < 4.78 is 16.2. The number of amides is 1. The highest BCUT2D eigenvalue weighted by Gasteiger charge is 2.16. The van der Waals surface area contributed by atoms with Crippen molar-refractivity contribution in [3.63, 3.8) is 0 Å². The number of benzene rings is 2. The first-order chi connectivity index (χ1) is 13.5. The molecule has 28 heavy (non-hydrogen) atoms. The van der Waals surface area contributed by atoms with Crippen LogP contribution in [0.5, 0.6) is 11.5 Å². The van der Waals surface area contributed by atoms with Crippen molar-refractivity contribution in [1.29, 1.82) is 0 Å². The molecule has 0 aromatic heterocycles. The number of hydrogen-bond acceptors (Lipinski definition) is 5. The third-order valence-electron chi connectivity index (χ3n) is 3.94. The van der Waals surface area contributed by atoms with Crippen LogP contribution in [0.1, 0.15) is 44.0 Å². The Morgan fingerprint density at radius 3 is 2.43 bits per heavy atom. The highest BCUT2D eigenvalue weighted by atomic mass is 16.6. The molecule has 0 aliphatic carbocycles. The molecule has 6 nitrogen and oxygen atoms in total. The van der Waals surface area contributed by atoms with Crippen molar-refractivity contribution in [1.82, 2.24) is 0 Å². The Kier molecular flexibility index (Phi) is 8.34. The minimum atomic E-state index is -0.713. The van der Waals surface area contributed by atoms with Crippen LogP contribution in [-0.4, -0.2) is 31.2 Å². The molecule has 150 valence electrons. The zero-order valence-electron chi connectivity index (χ0n) is 16.6. The normalized spacial score (nSPS) is 11.4. The van der Waals surface area contributed by atoms with Gasteiger partial charge in [0.1, 0.15) is 11.5 Å². The summed E-state index contributed by atoms with van der Waals surface area (Å²) in [7, 11) is 0. The van der Waals surface area contributed by atoms with E-state index in [1.807, 2.05) is 26.0 Å². The van der Waals surface area contributed by atoms with Gasteiger partial charge in [-0.1, -0.05) is 25.5 Å². The minimum Gasteiger partial charge on any atom is -0.492 e. The second kappa shape index (κ2) is 11.0. The highest BCUT2D eigenvalue weighted by molar-refractivity contribution is 6.05. The van der Waals surface area contributed by atoms with Gasteiger partial charge in [-0.15, -0.1) is 0 Å². The first-order valence-corrected chi connectivity index (χ1v) is 9.51. The lowest BCUT2D eigenvalue weighted by Crippen LogP contribution is -2.26. The number of esters is 1. The number of hydrogen-bond donors (Lipinski definition) is 1. The highest BCUT2D eigenvalue weighted by Crippen LogP contribution is 2.24. The van der Waals surface area contributed by atoms with Gasteiger partial charge in [-0.2, -0.15) is 0 Å². The molecular weight excluding hydrogens is 358 g/mol. The first-order valence-electron chi connectivity index (χ1n) is 9.51. The molecule has 0 bridgehead atoms. The van der Waals surface area contributed by atoms with Crippen LogP contribution in [-0.2, 0) is 9.53 Å². The van der Waals surface area contributed by atoms with E-state index in [2.05, 4.69) is 5.32 Å². The summed E-state index contributed by atoms with van der Waals surface area (Å²) in [5, 5.41) is 2.84. The van der Waals surface area contributed by atoms with Crippen molar-refractivity contribution >= 4 is 17.6 Å². The molecule has 1 unspecified atom stereocenters. The maximum absolute atomic E-state index is 12.5. The molecule has 1 N–H and O–H groups in total. The third kappa shape index (κ3) is 6.30. The monoisotopic (exact) mass is 385 g/mol. The number of para-hydroxylation sites is 2. The van der Waals surface area contributed by atoms with Gasteiger partial charge in [0.05, 0.1) is 18.9 Å². The molecule has 6 heteroatoms. The Balaban J connectivity index is 1.95. The fourth-order valence-corrected chi connectivity index (χ4v) is 2.42. The largest absolute Gasteiger partial charge is 0.492 e. The predicted molar refractivity (Wildman–Crippen MR) is 108 cm³/mol. The minimum absolute atomic E-state index is 0.259. The van der Waals surface area contributed by atoms with E-state index >= 15 is 0 Å². The summed E-state index contributed by atoms with van der Waals surface area (Å²) >= 11 is 0. The molecule has 0 saturated carbocycles. The van der Waals surface area contributed by atoms with Crippen LogP contribution in [0.2, 0.25) is 0 Å². The zero-order valence-corrected chi connectivity index (χ0v) is 16.6. The van der Waals surface area contributed by atoms with Crippen molar-refractivity contribution < 1.29 is 23.8 Å². The fourth-order valence-electron chi connectivity index (χ4n) is 2.42. The summed E-state index contributed by atoms with van der Waals surface area (Å²) in [6.07, 6.45) is 1.07. The summed E-state index contributed by atoms with van der Waals surface area (Å²) in [5.41, 5.74) is 1.08. The first kappa shape index (κ1) is 21.3. The molecule has 2 rings (SSSR count). The van der Waals surface area contributed by atoms with Gasteiger partial charge in [0, 0.05) is 5.56 Å². The van der Waals surface area contributed by atoms with Crippen LogP contribution in [0.15, 0.2) is 48.5 Å². The molecule has 0 heterocycles. The van der Waals surface area contributed by atoms with Crippen molar-refractivity contribution in [2.45, 2.75) is 39.7 Å². The Hall–Kier alpha value is -3.02. The lowest BCUT2D eigenvalue weighted by molar-refractivity contribution is -0.151. The third-order valence-corrected chi connectivity index (χ3v) is 3.94. The van der Waals surface area contributed by atoms with E-state index in [1.54, 1.807) is 43.3 Å². The predicted octanol–water partition coefficient (Wildman–Crippen LogP) is 4.45. The van der Waals surface area contributed by atoms with E-state index in [4.69, 9.17) is 14.2 Å². The molecular formula is C22H27NO5. The van der Waals surface area contributed by atoms with Gasteiger partial charge in [0.2, 0.25) is 0 Å². The fraction of sp³-hybridized carbons (Fsp3) is 0.364. The van der Waals surface area contributed by atoms with Crippen LogP contribution in [0.3, 0.4) is 0 Å². The van der Waals surface area contributed by atoms with Gasteiger partial charge in [-0.3, -0.25) is 4.79 Å². The summed E-state index contributed by atoms with van der Waals surface area (Å²) in [5.74, 6) is 0.452. The van der Waals surface area contributed by atoms with Gasteiger partial charge in [-0.05, 0) is 56.7 Å². The number of anilines is 1.